The number of likely N-dealkylation sites (N-methyl/N-ethyl adjacent to an activating group) is 1. The van der Waals surface area contributed by atoms with Gasteiger partial charge in [-0.15, -0.1) is 0 Å². The topological polar surface area (TPSA) is 73.4 Å². The van der Waals surface area contributed by atoms with Crippen LogP contribution in [-0.2, 0) is 11.3 Å². The van der Waals surface area contributed by atoms with Gasteiger partial charge in [0.25, 0.3) is 5.91 Å². The maximum absolute atomic E-state index is 12.3. The van der Waals surface area contributed by atoms with Gasteiger partial charge in [-0.1, -0.05) is 0 Å². The number of hydrogen-bond acceptors (Lipinski definition) is 4. The van der Waals surface area contributed by atoms with E-state index in [2.05, 4.69) is 5.10 Å². The van der Waals surface area contributed by atoms with Crippen LogP contribution in [0.4, 0.5) is 5.69 Å². The van der Waals surface area contributed by atoms with Gasteiger partial charge in [0.2, 0.25) is 0 Å². The number of rotatable bonds is 7. The van der Waals surface area contributed by atoms with Crippen molar-refractivity contribution in [3.63, 3.8) is 0 Å². The minimum Gasteiger partial charge on any atom is -0.396 e. The minimum atomic E-state index is -0.105. The molecule has 6 nitrogen and oxygen atoms in total. The zero-order valence-electron chi connectivity index (χ0n) is 11.6. The summed E-state index contributed by atoms with van der Waals surface area (Å²) < 4.78 is 7.16. The number of nitrogen functional groups attached to an aromatic ring is 1. The average molecular weight is 266 g/mol. The highest BCUT2D eigenvalue weighted by atomic mass is 16.5. The first-order valence-corrected chi connectivity index (χ1v) is 6.78. The van der Waals surface area contributed by atoms with Crippen LogP contribution in [0.25, 0.3) is 0 Å². The fourth-order valence-electron chi connectivity index (χ4n) is 1.89. The third kappa shape index (κ3) is 3.47. The molecule has 19 heavy (non-hydrogen) atoms. The van der Waals surface area contributed by atoms with E-state index in [1.165, 1.54) is 19.0 Å². The second-order valence-electron chi connectivity index (χ2n) is 5.01. The molecule has 1 aromatic rings. The number of carbonyl (C=O) groups is 1. The van der Waals surface area contributed by atoms with E-state index in [-0.39, 0.29) is 5.91 Å². The summed E-state index contributed by atoms with van der Waals surface area (Å²) in [7, 11) is 1.76. The highest BCUT2D eigenvalue weighted by molar-refractivity contribution is 5.97. The maximum atomic E-state index is 12.3. The molecule has 0 radical (unpaired) electrons. The molecule has 0 bridgehead atoms. The van der Waals surface area contributed by atoms with Crippen molar-refractivity contribution in [2.75, 3.05) is 32.5 Å². The molecule has 0 saturated heterocycles. The first-order valence-electron chi connectivity index (χ1n) is 6.78. The van der Waals surface area contributed by atoms with Crippen molar-refractivity contribution in [1.82, 2.24) is 14.7 Å². The Labute approximate surface area is 113 Å². The third-order valence-corrected chi connectivity index (χ3v) is 3.34. The molecule has 6 heteroatoms. The lowest BCUT2D eigenvalue weighted by Crippen LogP contribution is -2.32. The summed E-state index contributed by atoms with van der Waals surface area (Å²) in [4.78, 5) is 13.9. The number of anilines is 1. The zero-order chi connectivity index (χ0) is 13.8. The second kappa shape index (κ2) is 6.06. The lowest BCUT2D eigenvalue weighted by atomic mass is 10.3. The Morgan fingerprint density at radius 1 is 1.63 bits per heavy atom. The fourth-order valence-corrected chi connectivity index (χ4v) is 1.89. The number of nitrogens with two attached hydrogens (primary N) is 1. The van der Waals surface area contributed by atoms with Gasteiger partial charge in [-0.3, -0.25) is 9.48 Å². The molecule has 1 amide bonds. The molecule has 1 aliphatic rings. The van der Waals surface area contributed by atoms with Crippen LogP contribution >= 0.6 is 0 Å². The fraction of sp³-hybridized carbons (Fsp3) is 0.692. The van der Waals surface area contributed by atoms with Crippen LogP contribution in [0.3, 0.4) is 0 Å². The number of nitrogens with zero attached hydrogens (tertiary/aromatic N) is 3. The Balaban J connectivity index is 1.84. The Kier molecular flexibility index (Phi) is 4.42. The summed E-state index contributed by atoms with van der Waals surface area (Å²) in [5.74, 6) is 0.644. The van der Waals surface area contributed by atoms with E-state index < -0.39 is 0 Å². The largest absolute Gasteiger partial charge is 0.396 e. The second-order valence-corrected chi connectivity index (χ2v) is 5.01. The number of ether oxygens (including phenoxy) is 1. The molecule has 106 valence electrons. The molecule has 0 unspecified atom stereocenters. The lowest BCUT2D eigenvalue weighted by molar-refractivity contribution is 0.0671. The first kappa shape index (κ1) is 13.9. The normalized spacial score (nSPS) is 14.6. The molecule has 1 aromatic heterocycles. The van der Waals surface area contributed by atoms with Crippen molar-refractivity contribution in [3.05, 3.63) is 11.9 Å². The molecule has 2 N–H and O–H groups in total. The zero-order valence-corrected chi connectivity index (χ0v) is 11.6. The van der Waals surface area contributed by atoms with E-state index in [0.29, 0.717) is 31.1 Å². The lowest BCUT2D eigenvalue weighted by Gasteiger charge is -2.18. The van der Waals surface area contributed by atoms with Crippen molar-refractivity contribution in [2.45, 2.75) is 26.3 Å². The first-order chi connectivity index (χ1) is 9.13. The van der Waals surface area contributed by atoms with Crippen molar-refractivity contribution in [2.24, 2.45) is 5.92 Å². The summed E-state index contributed by atoms with van der Waals surface area (Å²) >= 11 is 0. The number of carbonyl (C=O) groups excluding carboxylic acids is 1. The molecular weight excluding hydrogens is 244 g/mol. The van der Waals surface area contributed by atoms with E-state index >= 15 is 0 Å². The molecule has 0 atom stereocenters. The van der Waals surface area contributed by atoms with E-state index in [0.717, 1.165) is 12.5 Å². The van der Waals surface area contributed by atoms with Crippen LogP contribution in [-0.4, -0.2) is 47.4 Å². The van der Waals surface area contributed by atoms with Crippen molar-refractivity contribution in [3.8, 4) is 0 Å². The van der Waals surface area contributed by atoms with Gasteiger partial charge in [-0.05, 0) is 25.7 Å². The standard InChI is InChI=1S/C13H22N4O2/c1-3-17-12(11(14)8-15-17)13(18)16(2)6-7-19-9-10-4-5-10/h8,10H,3-7,9,14H2,1-2H3. The predicted molar refractivity (Wildman–Crippen MR) is 72.8 cm³/mol. The van der Waals surface area contributed by atoms with Crippen LogP contribution in [0.5, 0.6) is 0 Å². The predicted octanol–water partition coefficient (Wildman–Crippen LogP) is 0.984. The van der Waals surface area contributed by atoms with Crippen LogP contribution in [0.15, 0.2) is 6.20 Å². The summed E-state index contributed by atoms with van der Waals surface area (Å²) in [5, 5.41) is 4.08. The molecule has 0 aliphatic heterocycles. The van der Waals surface area contributed by atoms with Crippen LogP contribution in [0, 0.1) is 5.92 Å². The monoisotopic (exact) mass is 266 g/mol. The molecular formula is C13H22N4O2. The van der Waals surface area contributed by atoms with E-state index in [1.54, 1.807) is 16.6 Å². The van der Waals surface area contributed by atoms with Gasteiger partial charge < -0.3 is 15.4 Å². The molecule has 1 saturated carbocycles. The molecule has 1 fully saturated rings. The van der Waals surface area contributed by atoms with Crippen molar-refractivity contribution < 1.29 is 9.53 Å². The Morgan fingerprint density at radius 2 is 2.37 bits per heavy atom. The number of hydrogen-bond donors (Lipinski definition) is 1. The van der Waals surface area contributed by atoms with Gasteiger partial charge in [0, 0.05) is 26.7 Å². The van der Waals surface area contributed by atoms with Gasteiger partial charge in [0.15, 0.2) is 0 Å². The van der Waals surface area contributed by atoms with Gasteiger partial charge in [0.1, 0.15) is 5.69 Å². The third-order valence-electron chi connectivity index (χ3n) is 3.34. The van der Waals surface area contributed by atoms with E-state index in [1.807, 2.05) is 6.92 Å². The molecule has 1 aliphatic carbocycles. The smallest absolute Gasteiger partial charge is 0.274 e. The quantitative estimate of drug-likeness (QED) is 0.747. The van der Waals surface area contributed by atoms with E-state index in [9.17, 15) is 4.79 Å². The van der Waals surface area contributed by atoms with Crippen LogP contribution in [0.2, 0.25) is 0 Å². The van der Waals surface area contributed by atoms with Gasteiger partial charge in [0.05, 0.1) is 18.5 Å². The van der Waals surface area contributed by atoms with Crippen molar-refractivity contribution in [1.29, 1.82) is 0 Å². The van der Waals surface area contributed by atoms with Crippen molar-refractivity contribution >= 4 is 11.6 Å². The molecule has 1 heterocycles. The molecule has 0 spiro atoms. The summed E-state index contributed by atoms with van der Waals surface area (Å²) in [5.41, 5.74) is 6.69. The Hall–Kier alpha value is -1.56. The van der Waals surface area contributed by atoms with Crippen LogP contribution < -0.4 is 5.73 Å². The summed E-state index contributed by atoms with van der Waals surface area (Å²) in [6, 6.07) is 0. The Bertz CT molecular complexity index is 440. The molecule has 0 aromatic carbocycles. The van der Waals surface area contributed by atoms with Gasteiger partial charge in [-0.25, -0.2) is 0 Å². The van der Waals surface area contributed by atoms with Crippen LogP contribution in [0.1, 0.15) is 30.3 Å². The Morgan fingerprint density at radius 3 is 3.00 bits per heavy atom. The SMILES string of the molecule is CCn1ncc(N)c1C(=O)N(C)CCOCC1CC1. The van der Waals surface area contributed by atoms with Gasteiger partial charge >= 0.3 is 0 Å². The number of amides is 1. The highest BCUT2D eigenvalue weighted by Crippen LogP contribution is 2.28. The maximum Gasteiger partial charge on any atom is 0.274 e. The van der Waals surface area contributed by atoms with Gasteiger partial charge in [-0.2, -0.15) is 5.10 Å². The minimum absolute atomic E-state index is 0.105. The summed E-state index contributed by atoms with van der Waals surface area (Å²) in [6.07, 6.45) is 4.08. The molecule has 2 rings (SSSR count). The van der Waals surface area contributed by atoms with E-state index in [4.69, 9.17) is 10.5 Å². The highest BCUT2D eigenvalue weighted by Gasteiger charge is 2.22. The number of aromatic nitrogens is 2. The number of aryl methyl sites for hydroxylation is 1. The average Bonchev–Trinajstić information content (AvgIpc) is 3.15. The summed E-state index contributed by atoms with van der Waals surface area (Å²) in [6.45, 7) is 4.52.